The molecule has 2 heterocycles. The smallest absolute Gasteiger partial charge is 0.407 e. The Morgan fingerprint density at radius 2 is 1.72 bits per heavy atom. The SMILES string of the molecule is COCCCOC(=O)c1oc2ccccc2c1C1C[C@@H](C2CCCCC2)[C@@H](C(N)=O)N1C(=O)C1CCC([C@@H](CF)NC(=O)OC(C)(C)C)CC1. The number of likely N-dealkylation sites (tertiary alicyclic amines) is 1. The Labute approximate surface area is 294 Å². The number of benzene rings is 1. The van der Waals surface area contributed by atoms with Gasteiger partial charge in [0.15, 0.2) is 0 Å². The van der Waals surface area contributed by atoms with E-state index in [1.807, 2.05) is 18.2 Å². The summed E-state index contributed by atoms with van der Waals surface area (Å²) in [5.74, 6) is -1.93. The zero-order valence-electron chi connectivity index (χ0n) is 29.9. The molecular weight excluding hydrogens is 645 g/mol. The minimum Gasteiger partial charge on any atom is -0.460 e. The van der Waals surface area contributed by atoms with E-state index in [4.69, 9.17) is 24.4 Å². The van der Waals surface area contributed by atoms with E-state index in [1.54, 1.807) is 38.8 Å². The Morgan fingerprint density at radius 3 is 2.36 bits per heavy atom. The average Bonchev–Trinajstić information content (AvgIpc) is 3.68. The summed E-state index contributed by atoms with van der Waals surface area (Å²) in [6.07, 6.45) is 7.39. The number of methoxy groups -OCH3 is 1. The lowest BCUT2D eigenvalue weighted by atomic mass is 9.75. The van der Waals surface area contributed by atoms with E-state index in [9.17, 15) is 23.6 Å². The van der Waals surface area contributed by atoms with Crippen LogP contribution in [-0.2, 0) is 23.8 Å². The lowest BCUT2D eigenvalue weighted by molar-refractivity contribution is -0.145. The van der Waals surface area contributed by atoms with Crippen LogP contribution in [0.5, 0.6) is 0 Å². The van der Waals surface area contributed by atoms with Gasteiger partial charge in [-0.2, -0.15) is 0 Å². The normalized spacial score (nSPS) is 25.3. The van der Waals surface area contributed by atoms with Gasteiger partial charge < -0.3 is 34.6 Å². The molecule has 3 N–H and O–H groups in total. The Bertz CT molecular complexity index is 1490. The van der Waals surface area contributed by atoms with Crippen LogP contribution in [0.4, 0.5) is 9.18 Å². The first-order valence-electron chi connectivity index (χ1n) is 18.3. The first-order chi connectivity index (χ1) is 23.9. The molecule has 50 heavy (non-hydrogen) atoms. The molecule has 2 saturated carbocycles. The van der Waals surface area contributed by atoms with Crippen LogP contribution >= 0.6 is 0 Å². The third-order valence-corrected chi connectivity index (χ3v) is 10.8. The highest BCUT2D eigenvalue weighted by Crippen LogP contribution is 2.51. The number of ether oxygens (including phenoxy) is 3. The molecule has 1 unspecified atom stereocenters. The largest absolute Gasteiger partial charge is 0.460 e. The van der Waals surface area contributed by atoms with Crippen molar-refractivity contribution in [2.75, 3.05) is 27.0 Å². The van der Waals surface area contributed by atoms with Crippen molar-refractivity contribution >= 4 is 34.8 Å². The summed E-state index contributed by atoms with van der Waals surface area (Å²) in [6, 6.07) is 5.10. The third-order valence-electron chi connectivity index (χ3n) is 10.8. The lowest BCUT2D eigenvalue weighted by Gasteiger charge is -2.38. The molecule has 4 atom stereocenters. The summed E-state index contributed by atoms with van der Waals surface area (Å²) in [5, 5.41) is 3.37. The number of nitrogens with zero attached hydrogens (tertiary/aromatic N) is 1. The van der Waals surface area contributed by atoms with Crippen molar-refractivity contribution in [2.24, 2.45) is 29.4 Å². The predicted molar refractivity (Wildman–Crippen MR) is 185 cm³/mol. The maximum Gasteiger partial charge on any atom is 0.407 e. The van der Waals surface area contributed by atoms with Gasteiger partial charge >= 0.3 is 12.1 Å². The van der Waals surface area contributed by atoms with Crippen LogP contribution in [-0.4, -0.2) is 73.5 Å². The molecule has 5 rings (SSSR count). The van der Waals surface area contributed by atoms with Gasteiger partial charge in [-0.3, -0.25) is 9.59 Å². The summed E-state index contributed by atoms with van der Waals surface area (Å²) >= 11 is 0. The minimum atomic E-state index is -0.847. The van der Waals surface area contributed by atoms with Gasteiger partial charge in [-0.1, -0.05) is 50.3 Å². The number of alkyl halides is 1. The fraction of sp³-hybridized carbons (Fsp3) is 0.684. The molecule has 12 heteroatoms. The van der Waals surface area contributed by atoms with Crippen LogP contribution in [0.15, 0.2) is 28.7 Å². The number of nitrogens with two attached hydrogens (primary N) is 1. The van der Waals surface area contributed by atoms with Crippen LogP contribution in [0.1, 0.15) is 114 Å². The molecule has 0 radical (unpaired) electrons. The van der Waals surface area contributed by atoms with Crippen molar-refractivity contribution in [3.05, 3.63) is 35.6 Å². The highest BCUT2D eigenvalue weighted by molar-refractivity contribution is 5.98. The molecule has 2 aromatic rings. The van der Waals surface area contributed by atoms with Gasteiger partial charge in [0.1, 0.15) is 23.9 Å². The van der Waals surface area contributed by atoms with Crippen molar-refractivity contribution in [3.8, 4) is 0 Å². The molecule has 11 nitrogen and oxygen atoms in total. The standard InChI is InChI=1S/C38H54FN3O8/c1-38(2,3)50-37(46)41-28(22-39)24-15-17-25(18-16-24)35(44)42-29(21-27(32(42)34(40)43)23-11-6-5-7-12-23)31-26-13-8-9-14-30(26)49-33(31)36(45)48-20-10-19-47-4/h8-9,13-14,23-25,27-29,32H,5-7,10-12,15-22H2,1-4H3,(H2,40,43)(H,41,46)/t24?,25?,27-,28+,29?,32-/m0/s1. The number of halogens is 1. The second-order valence-corrected chi connectivity index (χ2v) is 15.2. The zero-order chi connectivity index (χ0) is 36.0. The summed E-state index contributed by atoms with van der Waals surface area (Å²) in [7, 11) is 1.58. The number of esters is 1. The third kappa shape index (κ3) is 8.61. The van der Waals surface area contributed by atoms with Gasteiger partial charge in [0.2, 0.25) is 17.6 Å². The Kier molecular flexibility index (Phi) is 12.5. The van der Waals surface area contributed by atoms with Gasteiger partial charge in [0, 0.05) is 37.0 Å². The highest BCUT2D eigenvalue weighted by atomic mass is 19.1. The van der Waals surface area contributed by atoms with Crippen LogP contribution in [0.25, 0.3) is 11.0 Å². The van der Waals surface area contributed by atoms with E-state index in [-0.39, 0.29) is 36.0 Å². The number of fused-ring (bicyclic) bond motifs is 1. The van der Waals surface area contributed by atoms with E-state index in [0.717, 1.165) is 32.1 Å². The van der Waals surface area contributed by atoms with Crippen LogP contribution in [0.3, 0.4) is 0 Å². The molecule has 276 valence electrons. The molecule has 2 aliphatic carbocycles. The summed E-state index contributed by atoms with van der Waals surface area (Å²) in [5.41, 5.74) is 6.51. The van der Waals surface area contributed by atoms with E-state index < -0.39 is 54.3 Å². The number of carbonyl (C=O) groups excluding carboxylic acids is 4. The van der Waals surface area contributed by atoms with Crippen molar-refractivity contribution < 1.29 is 42.2 Å². The summed E-state index contributed by atoms with van der Waals surface area (Å²) in [6.45, 7) is 5.06. The van der Waals surface area contributed by atoms with Crippen molar-refractivity contribution in [3.63, 3.8) is 0 Å². The Hall–Kier alpha value is -3.67. The highest BCUT2D eigenvalue weighted by Gasteiger charge is 2.53. The van der Waals surface area contributed by atoms with Gasteiger partial charge in [0.25, 0.3) is 0 Å². The second kappa shape index (κ2) is 16.6. The lowest BCUT2D eigenvalue weighted by Crippen LogP contribution is -2.51. The Balaban J connectivity index is 1.45. The maximum absolute atomic E-state index is 14.8. The molecule has 3 amide bonds. The van der Waals surface area contributed by atoms with Gasteiger partial charge in [-0.25, -0.2) is 14.0 Å². The monoisotopic (exact) mass is 699 g/mol. The topological polar surface area (TPSA) is 150 Å². The van der Waals surface area contributed by atoms with E-state index in [2.05, 4.69) is 5.32 Å². The number of amides is 3. The number of alkyl carbamates (subject to hydrolysis) is 1. The molecule has 1 aromatic carbocycles. The first-order valence-corrected chi connectivity index (χ1v) is 18.3. The number of hydrogen-bond donors (Lipinski definition) is 2. The van der Waals surface area contributed by atoms with Crippen molar-refractivity contribution in [1.82, 2.24) is 10.2 Å². The predicted octanol–water partition coefficient (Wildman–Crippen LogP) is 6.62. The molecule has 0 bridgehead atoms. The number of rotatable bonds is 12. The number of primary amides is 1. The van der Waals surface area contributed by atoms with Gasteiger partial charge in [0.05, 0.1) is 18.7 Å². The quantitative estimate of drug-likeness (QED) is 0.185. The maximum atomic E-state index is 14.8. The van der Waals surface area contributed by atoms with Gasteiger partial charge in [-0.15, -0.1) is 0 Å². The first kappa shape index (κ1) is 37.6. The zero-order valence-corrected chi connectivity index (χ0v) is 29.9. The molecule has 1 aromatic heterocycles. The summed E-state index contributed by atoms with van der Waals surface area (Å²) < 4.78 is 36.4. The van der Waals surface area contributed by atoms with Crippen LogP contribution in [0, 0.1) is 23.7 Å². The van der Waals surface area contributed by atoms with Gasteiger partial charge in [-0.05, 0) is 76.7 Å². The van der Waals surface area contributed by atoms with E-state index in [1.165, 1.54) is 0 Å². The molecule has 1 aliphatic heterocycles. The second-order valence-electron chi connectivity index (χ2n) is 15.2. The number of furan rings is 1. The van der Waals surface area contributed by atoms with E-state index in [0.29, 0.717) is 61.7 Å². The molecule has 1 saturated heterocycles. The minimum absolute atomic E-state index is 0.0293. The fourth-order valence-electron chi connectivity index (χ4n) is 8.51. The molecule has 0 spiro atoms. The Morgan fingerprint density at radius 1 is 1.02 bits per heavy atom. The fourth-order valence-corrected chi connectivity index (χ4v) is 8.51. The number of para-hydroxylation sites is 1. The molecule has 3 aliphatic rings. The number of nitrogens with one attached hydrogen (secondary N) is 1. The van der Waals surface area contributed by atoms with Crippen LogP contribution < -0.4 is 11.1 Å². The number of carbonyl (C=O) groups is 4. The van der Waals surface area contributed by atoms with E-state index >= 15 is 0 Å². The molecular formula is C38H54FN3O8. The summed E-state index contributed by atoms with van der Waals surface area (Å²) in [4.78, 5) is 55.9. The van der Waals surface area contributed by atoms with Crippen molar-refractivity contribution in [2.45, 2.75) is 115 Å². The van der Waals surface area contributed by atoms with Crippen LogP contribution in [0.2, 0.25) is 0 Å². The average molecular weight is 700 g/mol. The number of hydrogen-bond acceptors (Lipinski definition) is 8. The molecule has 3 fully saturated rings. The van der Waals surface area contributed by atoms with Crippen molar-refractivity contribution in [1.29, 1.82) is 0 Å².